The van der Waals surface area contributed by atoms with Crippen molar-refractivity contribution in [2.75, 3.05) is 19.8 Å². The van der Waals surface area contributed by atoms with E-state index in [-0.39, 0.29) is 44.8 Å². The Morgan fingerprint density at radius 1 is 0.631 bits per heavy atom. The first-order chi connectivity index (χ1) is 30.3. The minimum Gasteiger partial charge on any atom is -0.394 e. The Morgan fingerprint density at radius 2 is 1.28 bits per heavy atom. The molecule has 10 N–H and O–H groups in total. The van der Waals surface area contributed by atoms with Gasteiger partial charge < -0.3 is 84.2 Å². The third-order valence-electron chi connectivity index (χ3n) is 19.9. The van der Waals surface area contributed by atoms with Gasteiger partial charge in [-0.3, -0.25) is 0 Å². The van der Waals surface area contributed by atoms with Crippen LogP contribution in [0.15, 0.2) is 12.2 Å². The summed E-state index contributed by atoms with van der Waals surface area (Å²) in [7, 11) is 0. The maximum absolute atomic E-state index is 12.2. The highest BCUT2D eigenvalue weighted by atomic mass is 16.8. The molecular formula is C48H78O17. The van der Waals surface area contributed by atoms with E-state index in [0.717, 1.165) is 38.5 Å². The quantitative estimate of drug-likeness (QED) is 0.118. The van der Waals surface area contributed by atoms with Crippen LogP contribution in [0.2, 0.25) is 0 Å². The highest BCUT2D eigenvalue weighted by molar-refractivity contribution is 5.36. The molecule has 15 unspecified atom stereocenters. The molecular weight excluding hydrogens is 849 g/mol. The van der Waals surface area contributed by atoms with Crippen molar-refractivity contribution < 1.29 is 84.2 Å². The molecule has 4 heterocycles. The Morgan fingerprint density at radius 3 is 1.98 bits per heavy atom. The number of hydrogen-bond acceptors (Lipinski definition) is 17. The van der Waals surface area contributed by atoms with Gasteiger partial charge in [-0.25, -0.2) is 0 Å². The highest BCUT2D eigenvalue weighted by Crippen LogP contribution is 2.79. The van der Waals surface area contributed by atoms with Crippen LogP contribution in [-0.2, 0) is 33.2 Å². The van der Waals surface area contributed by atoms with Crippen LogP contribution in [0.4, 0.5) is 0 Å². The first kappa shape index (κ1) is 49.1. The number of fused-ring (bicyclic) bond motifs is 4. The summed E-state index contributed by atoms with van der Waals surface area (Å²) in [6.07, 6.45) is -12.0. The second kappa shape index (κ2) is 16.6. The van der Waals surface area contributed by atoms with Crippen molar-refractivity contribution in [3.63, 3.8) is 0 Å². The predicted molar refractivity (Wildman–Crippen MR) is 228 cm³/mol. The second-order valence-electron chi connectivity index (χ2n) is 24.0. The van der Waals surface area contributed by atoms with Crippen molar-refractivity contribution in [1.29, 1.82) is 0 Å². The van der Waals surface area contributed by atoms with Gasteiger partial charge in [-0.05, 0) is 91.8 Å². The van der Waals surface area contributed by atoms with Crippen LogP contribution in [0, 0.1) is 50.2 Å². The molecule has 17 nitrogen and oxygen atoms in total. The first-order valence-electron chi connectivity index (χ1n) is 24.3. The average Bonchev–Trinajstić information content (AvgIpc) is 3.52. The van der Waals surface area contributed by atoms with Gasteiger partial charge in [0.2, 0.25) is 0 Å². The molecule has 0 radical (unpaired) electrons. The second-order valence-corrected chi connectivity index (χ2v) is 24.0. The number of aliphatic hydroxyl groups is 10. The molecule has 8 fully saturated rings. The first-order valence-corrected chi connectivity index (χ1v) is 24.3. The fraction of sp³-hybridized carbons (Fsp3) is 0.958. The van der Waals surface area contributed by atoms with Crippen molar-refractivity contribution in [3.05, 3.63) is 12.2 Å². The Kier molecular flexibility index (Phi) is 12.5. The lowest BCUT2D eigenvalue weighted by Gasteiger charge is -2.73. The minimum atomic E-state index is -1.75. The molecule has 4 saturated carbocycles. The molecule has 2 bridgehead atoms. The van der Waals surface area contributed by atoms with E-state index in [9.17, 15) is 51.1 Å². The fourth-order valence-corrected chi connectivity index (χ4v) is 15.7. The van der Waals surface area contributed by atoms with Gasteiger partial charge >= 0.3 is 0 Å². The Balaban J connectivity index is 0.958. The topological polar surface area (TPSA) is 267 Å². The summed E-state index contributed by atoms with van der Waals surface area (Å²) >= 11 is 0. The maximum atomic E-state index is 12.2. The van der Waals surface area contributed by atoms with Gasteiger partial charge in [0, 0.05) is 16.7 Å². The summed E-state index contributed by atoms with van der Waals surface area (Å²) in [4.78, 5) is 0. The summed E-state index contributed by atoms with van der Waals surface area (Å²) in [6.45, 7) is 17.2. The van der Waals surface area contributed by atoms with E-state index in [2.05, 4.69) is 60.6 Å². The summed E-state index contributed by atoms with van der Waals surface area (Å²) in [5.41, 5.74) is -1.61. The van der Waals surface area contributed by atoms with E-state index >= 15 is 0 Å². The van der Waals surface area contributed by atoms with Gasteiger partial charge in [0.1, 0.15) is 67.1 Å². The van der Waals surface area contributed by atoms with Gasteiger partial charge in [0.05, 0.1) is 43.7 Å². The molecule has 25 atom stereocenters. The zero-order valence-electron chi connectivity index (χ0n) is 39.3. The molecule has 9 rings (SSSR count). The van der Waals surface area contributed by atoms with Crippen molar-refractivity contribution >= 4 is 0 Å². The largest absolute Gasteiger partial charge is 0.394 e. The van der Waals surface area contributed by atoms with E-state index in [0.29, 0.717) is 19.4 Å². The minimum absolute atomic E-state index is 0.163. The van der Waals surface area contributed by atoms with Crippen molar-refractivity contribution in [3.8, 4) is 0 Å². The zero-order chi connectivity index (χ0) is 47.2. The molecule has 65 heavy (non-hydrogen) atoms. The van der Waals surface area contributed by atoms with E-state index in [1.165, 1.54) is 6.92 Å². The normalized spacial score (nSPS) is 58.0. The van der Waals surface area contributed by atoms with Crippen molar-refractivity contribution in [2.24, 2.45) is 50.2 Å². The third kappa shape index (κ3) is 7.09. The maximum Gasteiger partial charge on any atom is 0.187 e. The van der Waals surface area contributed by atoms with Gasteiger partial charge in [0.15, 0.2) is 18.9 Å². The van der Waals surface area contributed by atoms with Crippen LogP contribution in [-0.4, -0.2) is 181 Å². The lowest BCUT2D eigenvalue weighted by atomic mass is 9.32. The lowest BCUT2D eigenvalue weighted by molar-refractivity contribution is -0.374. The van der Waals surface area contributed by atoms with Crippen LogP contribution in [0.1, 0.15) is 107 Å². The van der Waals surface area contributed by atoms with Crippen LogP contribution in [0.3, 0.4) is 0 Å². The zero-order valence-corrected chi connectivity index (χ0v) is 39.3. The number of rotatable bonds is 8. The van der Waals surface area contributed by atoms with Crippen molar-refractivity contribution in [1.82, 2.24) is 0 Å². The smallest absolute Gasteiger partial charge is 0.187 e. The van der Waals surface area contributed by atoms with E-state index in [1.807, 2.05) is 0 Å². The van der Waals surface area contributed by atoms with Gasteiger partial charge in [0.25, 0.3) is 0 Å². The molecule has 5 aliphatic carbocycles. The van der Waals surface area contributed by atoms with E-state index < -0.39 is 129 Å². The summed E-state index contributed by atoms with van der Waals surface area (Å²) in [6, 6.07) is 0. The molecule has 0 aromatic rings. The monoisotopic (exact) mass is 927 g/mol. The molecule has 0 amide bonds. The number of ether oxygens (including phenoxy) is 7. The molecule has 17 heteroatoms. The van der Waals surface area contributed by atoms with Crippen LogP contribution >= 0.6 is 0 Å². The van der Waals surface area contributed by atoms with Gasteiger partial charge in [-0.15, -0.1) is 0 Å². The summed E-state index contributed by atoms with van der Waals surface area (Å²) in [5, 5.41) is 109. The molecule has 4 aliphatic heterocycles. The van der Waals surface area contributed by atoms with Crippen LogP contribution in [0.5, 0.6) is 0 Å². The molecule has 1 spiro atoms. The fourth-order valence-electron chi connectivity index (χ4n) is 15.7. The van der Waals surface area contributed by atoms with Crippen molar-refractivity contribution in [2.45, 2.75) is 217 Å². The predicted octanol–water partition coefficient (Wildman–Crippen LogP) is 0.629. The average molecular weight is 927 g/mol. The Labute approximate surface area is 382 Å². The molecule has 4 saturated heterocycles. The van der Waals surface area contributed by atoms with E-state index in [4.69, 9.17) is 33.2 Å². The number of aliphatic hydroxyl groups excluding tert-OH is 10. The molecule has 0 aromatic carbocycles. The molecule has 372 valence electrons. The Hall–Kier alpha value is -0.940. The standard InChI is InChI=1S/C48H78O17/c1-22-30(51)32(53)36(57)40(61-22)65-38-24(20-59-39-35(56)33(54)31(52)23(19-49)62-39)63-41(37(58)34(38)55)64-29-11-12-44(6)25(43(29,4)5)9-13-45(7)26(44)10-14-48-27-17-42(2,3)15-16-47(27,21-60-48)28(50)18-46(45,48)8/h10,14,22-41,49-58H,9,11-13,15-21H2,1-8H3/t22?,23?,24?,25-,26-,27+,28?,29?,30?,31?,32?,33?,34?,35?,36?,37?,38?,39?,40+,41+,44+,45+,46-,47+,48-/m0/s1. The van der Waals surface area contributed by atoms with Gasteiger partial charge in [-0.2, -0.15) is 0 Å². The highest BCUT2D eigenvalue weighted by Gasteiger charge is 2.79. The molecule has 9 aliphatic rings. The number of hydrogen-bond donors (Lipinski definition) is 10. The van der Waals surface area contributed by atoms with E-state index in [1.54, 1.807) is 0 Å². The van der Waals surface area contributed by atoms with Crippen LogP contribution < -0.4 is 0 Å². The summed E-state index contributed by atoms with van der Waals surface area (Å²) < 4.78 is 43.5. The SMILES string of the molecule is CC1O[C@H](OC2C(COC3OC(CO)C(O)C(O)C3O)O[C@H](OC3CC[C@]4(C)[C@@H](CC[C@]5(C)[C@H]4C=C[C@]46OC[C@@]7(CCC(C)(C)C[C@H]74)C(O)C[C@]65C)C3(C)C)C(O)C2O)C(O)C(O)C1O. The third-order valence-corrected chi connectivity index (χ3v) is 19.9. The van der Waals surface area contributed by atoms with Gasteiger partial charge in [-0.1, -0.05) is 60.6 Å². The molecule has 0 aromatic heterocycles. The van der Waals surface area contributed by atoms with Crippen LogP contribution in [0.25, 0.3) is 0 Å². The summed E-state index contributed by atoms with van der Waals surface area (Å²) in [5.74, 6) is 0.593. The lowest BCUT2D eigenvalue weighted by Crippen LogP contribution is -2.72. The number of allylic oxidation sites excluding steroid dienone is 1. The Bertz CT molecular complexity index is 1780.